The Morgan fingerprint density at radius 2 is 1.24 bits per heavy atom. The van der Waals surface area contributed by atoms with Crippen molar-refractivity contribution < 1.29 is 4.39 Å². The van der Waals surface area contributed by atoms with Gasteiger partial charge in [0.2, 0.25) is 0 Å². The number of aromatic nitrogens is 2. The summed E-state index contributed by atoms with van der Waals surface area (Å²) in [4.78, 5) is 8.95. The van der Waals surface area contributed by atoms with E-state index in [0.29, 0.717) is 5.82 Å². The smallest absolute Gasteiger partial charge is 0.159 e. The lowest BCUT2D eigenvalue weighted by atomic mass is 10.0. The zero-order valence-corrected chi connectivity index (χ0v) is 18.6. The molecule has 0 aliphatic rings. The van der Waals surface area contributed by atoms with Crippen molar-refractivity contribution in [2.24, 2.45) is 0 Å². The van der Waals surface area contributed by atoms with Gasteiger partial charge in [-0.2, -0.15) is 0 Å². The van der Waals surface area contributed by atoms with Crippen molar-refractivity contribution in [1.82, 2.24) is 9.97 Å². The van der Waals surface area contributed by atoms with Crippen LogP contribution in [0.2, 0.25) is 0 Å². The molecule has 160 valence electrons. The Hall–Kier alpha value is -1.77. The fraction of sp³-hybridized carbons (Fsp3) is 0.615. The van der Waals surface area contributed by atoms with Crippen LogP contribution in [0.4, 0.5) is 4.39 Å². The number of halogens is 1. The fourth-order valence-electron chi connectivity index (χ4n) is 3.73. The van der Waals surface area contributed by atoms with E-state index < -0.39 is 0 Å². The van der Waals surface area contributed by atoms with Crippen LogP contribution in [-0.2, 0) is 12.8 Å². The maximum Gasteiger partial charge on any atom is 0.159 e. The summed E-state index contributed by atoms with van der Waals surface area (Å²) in [6, 6.07) is 5.46. The van der Waals surface area contributed by atoms with Crippen molar-refractivity contribution in [3.05, 3.63) is 47.5 Å². The second-order valence-corrected chi connectivity index (χ2v) is 8.26. The molecule has 1 heterocycles. The van der Waals surface area contributed by atoms with E-state index in [1.807, 2.05) is 24.5 Å². The van der Waals surface area contributed by atoms with Gasteiger partial charge in [0.15, 0.2) is 5.82 Å². The van der Waals surface area contributed by atoms with Gasteiger partial charge in [-0.15, -0.1) is 0 Å². The molecular weight excluding hydrogens is 359 g/mol. The minimum Gasteiger partial charge on any atom is -0.236 e. The molecule has 0 aliphatic carbocycles. The number of benzene rings is 1. The monoisotopic (exact) mass is 398 g/mol. The standard InChI is InChI=1S/C26H39FN2/c1-3-5-7-9-11-13-15-22-20-28-26(29-21-22)24-18-17-23(25(27)19-24)16-14-12-10-8-6-4-2/h17-21H,3-16H2,1-2H3. The number of nitrogens with zero attached hydrogens (tertiary/aromatic N) is 2. The first-order chi connectivity index (χ1) is 14.2. The molecule has 0 saturated heterocycles. The average molecular weight is 399 g/mol. The van der Waals surface area contributed by atoms with Gasteiger partial charge in [-0.1, -0.05) is 90.2 Å². The summed E-state index contributed by atoms with van der Waals surface area (Å²) in [6.07, 6.45) is 20.7. The van der Waals surface area contributed by atoms with Crippen molar-refractivity contribution in [2.75, 3.05) is 0 Å². The molecular formula is C26H39FN2. The maximum absolute atomic E-state index is 14.5. The molecule has 0 radical (unpaired) electrons. The molecule has 2 aromatic rings. The van der Waals surface area contributed by atoms with Crippen LogP contribution in [0.5, 0.6) is 0 Å². The Bertz CT molecular complexity index is 682. The average Bonchev–Trinajstić information content (AvgIpc) is 2.74. The van der Waals surface area contributed by atoms with Crippen LogP contribution in [0.25, 0.3) is 11.4 Å². The zero-order chi connectivity index (χ0) is 20.7. The normalized spacial score (nSPS) is 11.1. The van der Waals surface area contributed by atoms with Crippen molar-refractivity contribution >= 4 is 0 Å². The van der Waals surface area contributed by atoms with Gasteiger partial charge in [-0.25, -0.2) is 14.4 Å². The molecule has 29 heavy (non-hydrogen) atoms. The molecule has 3 heteroatoms. The van der Waals surface area contributed by atoms with Crippen molar-refractivity contribution in [2.45, 2.75) is 104 Å². The van der Waals surface area contributed by atoms with Crippen LogP contribution >= 0.6 is 0 Å². The van der Waals surface area contributed by atoms with E-state index in [4.69, 9.17) is 0 Å². The van der Waals surface area contributed by atoms with E-state index >= 15 is 0 Å². The Balaban J connectivity index is 1.78. The number of hydrogen-bond donors (Lipinski definition) is 0. The van der Waals surface area contributed by atoms with E-state index in [2.05, 4.69) is 23.8 Å². The second-order valence-electron chi connectivity index (χ2n) is 8.26. The van der Waals surface area contributed by atoms with Gasteiger partial charge in [0.1, 0.15) is 5.82 Å². The minimum atomic E-state index is -0.129. The third-order valence-corrected chi connectivity index (χ3v) is 5.64. The highest BCUT2D eigenvalue weighted by atomic mass is 19.1. The third kappa shape index (κ3) is 9.06. The molecule has 0 amide bonds. The zero-order valence-electron chi connectivity index (χ0n) is 18.6. The molecule has 0 spiro atoms. The molecule has 0 aliphatic heterocycles. The van der Waals surface area contributed by atoms with Gasteiger partial charge in [-0.3, -0.25) is 0 Å². The highest BCUT2D eigenvalue weighted by Crippen LogP contribution is 2.21. The van der Waals surface area contributed by atoms with Crippen molar-refractivity contribution in [3.8, 4) is 11.4 Å². The summed E-state index contributed by atoms with van der Waals surface area (Å²) in [7, 11) is 0. The van der Waals surface area contributed by atoms with Gasteiger partial charge in [0, 0.05) is 18.0 Å². The third-order valence-electron chi connectivity index (χ3n) is 5.64. The van der Waals surface area contributed by atoms with E-state index in [1.165, 1.54) is 76.2 Å². The molecule has 0 atom stereocenters. The maximum atomic E-state index is 14.5. The topological polar surface area (TPSA) is 25.8 Å². The number of aryl methyl sites for hydroxylation is 2. The van der Waals surface area contributed by atoms with Crippen molar-refractivity contribution in [1.29, 1.82) is 0 Å². The lowest BCUT2D eigenvalue weighted by Gasteiger charge is -2.07. The predicted octanol–water partition coefficient (Wildman–Crippen LogP) is 8.09. The number of unbranched alkanes of at least 4 members (excludes halogenated alkanes) is 10. The summed E-state index contributed by atoms with van der Waals surface area (Å²) >= 11 is 0. The van der Waals surface area contributed by atoms with Crippen LogP contribution < -0.4 is 0 Å². The first kappa shape index (κ1) is 23.5. The van der Waals surface area contributed by atoms with Crippen LogP contribution in [0.15, 0.2) is 30.6 Å². The van der Waals surface area contributed by atoms with Crippen molar-refractivity contribution in [3.63, 3.8) is 0 Å². The predicted molar refractivity (Wildman–Crippen MR) is 122 cm³/mol. The molecule has 0 N–H and O–H groups in total. The summed E-state index contributed by atoms with van der Waals surface area (Å²) in [5, 5.41) is 0. The summed E-state index contributed by atoms with van der Waals surface area (Å²) in [5.41, 5.74) is 2.74. The molecule has 1 aromatic heterocycles. The minimum absolute atomic E-state index is 0.129. The largest absolute Gasteiger partial charge is 0.236 e. The van der Waals surface area contributed by atoms with Gasteiger partial charge < -0.3 is 0 Å². The van der Waals surface area contributed by atoms with Crippen LogP contribution in [0.3, 0.4) is 0 Å². The Morgan fingerprint density at radius 1 is 0.690 bits per heavy atom. The van der Waals surface area contributed by atoms with Gasteiger partial charge >= 0.3 is 0 Å². The second kappa shape index (κ2) is 14.3. The quantitative estimate of drug-likeness (QED) is 0.283. The lowest BCUT2D eigenvalue weighted by molar-refractivity contribution is 0.580. The highest BCUT2D eigenvalue weighted by molar-refractivity contribution is 5.55. The first-order valence-electron chi connectivity index (χ1n) is 11.8. The Labute approximate surface area is 177 Å². The van der Waals surface area contributed by atoms with Gasteiger partial charge in [-0.05, 0) is 42.9 Å². The van der Waals surface area contributed by atoms with Gasteiger partial charge in [0.05, 0.1) is 0 Å². The van der Waals surface area contributed by atoms with Crippen LogP contribution in [0.1, 0.15) is 102 Å². The van der Waals surface area contributed by atoms with Crippen LogP contribution in [-0.4, -0.2) is 9.97 Å². The van der Waals surface area contributed by atoms with E-state index in [-0.39, 0.29) is 5.82 Å². The Kier molecular flexibility index (Phi) is 11.6. The molecule has 2 nitrogen and oxygen atoms in total. The highest BCUT2D eigenvalue weighted by Gasteiger charge is 2.07. The van der Waals surface area contributed by atoms with E-state index in [0.717, 1.165) is 30.4 Å². The summed E-state index contributed by atoms with van der Waals surface area (Å²) in [5.74, 6) is 0.484. The number of hydrogen-bond acceptors (Lipinski definition) is 2. The Morgan fingerprint density at radius 3 is 1.83 bits per heavy atom. The molecule has 2 rings (SSSR count). The number of rotatable bonds is 15. The van der Waals surface area contributed by atoms with E-state index in [9.17, 15) is 4.39 Å². The molecule has 0 saturated carbocycles. The first-order valence-corrected chi connectivity index (χ1v) is 11.8. The molecule has 0 unspecified atom stereocenters. The van der Waals surface area contributed by atoms with Crippen LogP contribution in [0, 0.1) is 5.82 Å². The summed E-state index contributed by atoms with van der Waals surface area (Å²) in [6.45, 7) is 4.47. The van der Waals surface area contributed by atoms with E-state index in [1.54, 1.807) is 6.07 Å². The SMILES string of the molecule is CCCCCCCCc1cnc(-c2ccc(CCCCCCCC)c(F)c2)nc1. The van der Waals surface area contributed by atoms with Gasteiger partial charge in [0.25, 0.3) is 0 Å². The molecule has 1 aromatic carbocycles. The lowest BCUT2D eigenvalue weighted by Crippen LogP contribution is -1.96. The fourth-order valence-corrected chi connectivity index (χ4v) is 3.73. The molecule has 0 bridgehead atoms. The molecule has 0 fully saturated rings. The summed E-state index contributed by atoms with van der Waals surface area (Å²) < 4.78 is 14.5.